The Balaban J connectivity index is 1.83. The lowest BCUT2D eigenvalue weighted by Crippen LogP contribution is -2.29. The molecule has 0 bridgehead atoms. The molecular weight excluding hydrogens is 316 g/mol. The molecule has 3 aromatic rings. The average Bonchev–Trinajstić information content (AvgIpc) is 2.93. The van der Waals surface area contributed by atoms with Gasteiger partial charge >= 0.3 is 0 Å². The number of nitrogens with zero attached hydrogens (tertiary/aromatic N) is 5. The van der Waals surface area contributed by atoms with Crippen LogP contribution >= 0.6 is 0 Å². The smallest absolute Gasteiger partial charge is 0.254 e. The number of nitrogens with two attached hydrogens (primary N) is 1. The van der Waals surface area contributed by atoms with E-state index in [4.69, 9.17) is 5.73 Å². The van der Waals surface area contributed by atoms with Gasteiger partial charge in [-0.15, -0.1) is 5.10 Å². The van der Waals surface area contributed by atoms with Crippen LogP contribution in [0.5, 0.6) is 0 Å². The van der Waals surface area contributed by atoms with Crippen molar-refractivity contribution in [2.75, 3.05) is 12.8 Å². The standard InChI is InChI=1S/C18H22N6O/c1-11-7-5-6-8-14(11)10-23(4)16(25)9-15-12(2)20-18-21-17(19)22-24(18)13(15)3/h5-8H,9-10H2,1-4H3,(H2,19,22). The molecule has 2 aromatic heterocycles. The number of hydrogen-bond acceptors (Lipinski definition) is 5. The van der Waals surface area contributed by atoms with Crippen molar-refractivity contribution in [3.63, 3.8) is 0 Å². The summed E-state index contributed by atoms with van der Waals surface area (Å²) in [4.78, 5) is 22.9. The van der Waals surface area contributed by atoms with E-state index in [1.807, 2.05) is 39.1 Å². The molecular formula is C18H22N6O. The first-order valence-electron chi connectivity index (χ1n) is 8.13. The largest absolute Gasteiger partial charge is 0.366 e. The Morgan fingerprint density at radius 3 is 2.64 bits per heavy atom. The van der Waals surface area contributed by atoms with Gasteiger partial charge in [-0.2, -0.15) is 9.50 Å². The molecule has 3 rings (SSSR count). The van der Waals surface area contributed by atoms with Crippen molar-refractivity contribution in [1.29, 1.82) is 0 Å². The molecule has 0 aliphatic carbocycles. The lowest BCUT2D eigenvalue weighted by Gasteiger charge is -2.19. The lowest BCUT2D eigenvalue weighted by molar-refractivity contribution is -0.129. The number of nitrogen functional groups attached to an aromatic ring is 1. The number of fused-ring (bicyclic) bond motifs is 1. The van der Waals surface area contributed by atoms with Gasteiger partial charge in [-0.3, -0.25) is 4.79 Å². The van der Waals surface area contributed by atoms with Crippen LogP contribution in [0.2, 0.25) is 0 Å². The molecule has 2 N–H and O–H groups in total. The number of anilines is 1. The second-order valence-electron chi connectivity index (χ2n) is 6.30. The highest BCUT2D eigenvalue weighted by molar-refractivity contribution is 5.79. The molecule has 130 valence electrons. The van der Waals surface area contributed by atoms with Crippen LogP contribution in [0.1, 0.15) is 28.1 Å². The number of carbonyl (C=O) groups excluding carboxylic acids is 1. The maximum atomic E-state index is 12.7. The molecule has 0 aliphatic heterocycles. The fourth-order valence-electron chi connectivity index (χ4n) is 2.90. The van der Waals surface area contributed by atoms with Crippen LogP contribution in [-0.2, 0) is 17.8 Å². The van der Waals surface area contributed by atoms with Crippen molar-refractivity contribution in [3.8, 4) is 0 Å². The third kappa shape index (κ3) is 3.31. The van der Waals surface area contributed by atoms with Crippen molar-refractivity contribution in [2.24, 2.45) is 0 Å². The van der Waals surface area contributed by atoms with Gasteiger partial charge in [0, 0.05) is 30.5 Å². The number of hydrogen-bond donors (Lipinski definition) is 1. The van der Waals surface area contributed by atoms with Gasteiger partial charge < -0.3 is 10.6 Å². The van der Waals surface area contributed by atoms with Crippen LogP contribution in [0.15, 0.2) is 24.3 Å². The summed E-state index contributed by atoms with van der Waals surface area (Å²) in [6.45, 7) is 6.41. The first-order chi connectivity index (χ1) is 11.9. The predicted molar refractivity (Wildman–Crippen MR) is 96.0 cm³/mol. The quantitative estimate of drug-likeness (QED) is 0.784. The van der Waals surface area contributed by atoms with Gasteiger partial charge in [0.05, 0.1) is 6.42 Å². The highest BCUT2D eigenvalue weighted by Gasteiger charge is 2.18. The molecule has 25 heavy (non-hydrogen) atoms. The normalized spacial score (nSPS) is 11.0. The van der Waals surface area contributed by atoms with Gasteiger partial charge in [0.25, 0.3) is 5.78 Å². The van der Waals surface area contributed by atoms with Gasteiger partial charge in [-0.05, 0) is 31.9 Å². The first-order valence-corrected chi connectivity index (χ1v) is 8.13. The number of rotatable bonds is 4. The van der Waals surface area contributed by atoms with E-state index in [1.54, 1.807) is 9.42 Å². The van der Waals surface area contributed by atoms with E-state index in [0.29, 0.717) is 12.3 Å². The van der Waals surface area contributed by atoms with Gasteiger partial charge in [-0.25, -0.2) is 4.98 Å². The van der Waals surface area contributed by atoms with Crippen LogP contribution in [0, 0.1) is 20.8 Å². The summed E-state index contributed by atoms with van der Waals surface area (Å²) in [5.41, 5.74) is 10.4. The molecule has 0 unspecified atom stereocenters. The molecule has 0 radical (unpaired) electrons. The zero-order chi connectivity index (χ0) is 18.1. The van der Waals surface area contributed by atoms with Gasteiger partial charge in [-0.1, -0.05) is 24.3 Å². The summed E-state index contributed by atoms with van der Waals surface area (Å²) < 4.78 is 1.59. The van der Waals surface area contributed by atoms with E-state index in [2.05, 4.69) is 28.1 Å². The number of amides is 1. The zero-order valence-corrected chi connectivity index (χ0v) is 14.9. The van der Waals surface area contributed by atoms with Crippen molar-refractivity contribution in [1.82, 2.24) is 24.5 Å². The number of likely N-dealkylation sites (N-methyl/N-ethyl adjacent to an activating group) is 1. The predicted octanol–water partition coefficient (Wildman–Crippen LogP) is 1.83. The molecule has 0 atom stereocenters. The van der Waals surface area contributed by atoms with Crippen molar-refractivity contribution in [2.45, 2.75) is 33.7 Å². The third-order valence-electron chi connectivity index (χ3n) is 4.49. The number of benzene rings is 1. The SMILES string of the molecule is Cc1ccccc1CN(C)C(=O)Cc1c(C)nc2nc(N)nn2c1C. The van der Waals surface area contributed by atoms with Crippen LogP contribution in [-0.4, -0.2) is 37.4 Å². The first kappa shape index (κ1) is 16.9. The van der Waals surface area contributed by atoms with Crippen LogP contribution in [0.4, 0.5) is 5.95 Å². The molecule has 0 aliphatic rings. The fraction of sp³-hybridized carbons (Fsp3) is 0.333. The minimum atomic E-state index is 0.0312. The lowest BCUT2D eigenvalue weighted by atomic mass is 10.1. The molecule has 0 saturated carbocycles. The van der Waals surface area contributed by atoms with E-state index >= 15 is 0 Å². The summed E-state index contributed by atoms with van der Waals surface area (Å²) in [5, 5.41) is 4.14. The van der Waals surface area contributed by atoms with E-state index in [0.717, 1.165) is 22.5 Å². The van der Waals surface area contributed by atoms with Crippen LogP contribution in [0.25, 0.3) is 5.78 Å². The summed E-state index contributed by atoms with van der Waals surface area (Å²) in [6, 6.07) is 8.08. The average molecular weight is 338 g/mol. The van der Waals surface area contributed by atoms with Crippen molar-refractivity contribution >= 4 is 17.6 Å². The Labute approximate surface area is 146 Å². The summed E-state index contributed by atoms with van der Waals surface area (Å²) >= 11 is 0. The highest BCUT2D eigenvalue weighted by Crippen LogP contribution is 2.17. The molecule has 7 heteroatoms. The molecule has 0 fully saturated rings. The molecule has 0 spiro atoms. The third-order valence-corrected chi connectivity index (χ3v) is 4.49. The Morgan fingerprint density at radius 2 is 1.92 bits per heavy atom. The Hall–Kier alpha value is -2.96. The molecule has 1 aromatic carbocycles. The van der Waals surface area contributed by atoms with Gasteiger partial charge in [0.2, 0.25) is 11.9 Å². The number of carbonyl (C=O) groups is 1. The summed E-state index contributed by atoms with van der Waals surface area (Å²) in [5.74, 6) is 0.663. The monoisotopic (exact) mass is 338 g/mol. The number of aryl methyl sites for hydroxylation is 3. The summed E-state index contributed by atoms with van der Waals surface area (Å²) in [6.07, 6.45) is 0.267. The van der Waals surface area contributed by atoms with E-state index in [9.17, 15) is 4.79 Å². The van der Waals surface area contributed by atoms with E-state index in [1.165, 1.54) is 5.56 Å². The van der Waals surface area contributed by atoms with E-state index < -0.39 is 0 Å². The second-order valence-corrected chi connectivity index (χ2v) is 6.30. The van der Waals surface area contributed by atoms with E-state index in [-0.39, 0.29) is 18.3 Å². The number of aromatic nitrogens is 4. The van der Waals surface area contributed by atoms with Crippen molar-refractivity contribution < 1.29 is 4.79 Å². The van der Waals surface area contributed by atoms with Gasteiger partial charge in [0.1, 0.15) is 0 Å². The van der Waals surface area contributed by atoms with Gasteiger partial charge in [0.15, 0.2) is 0 Å². The van der Waals surface area contributed by atoms with Crippen molar-refractivity contribution in [3.05, 3.63) is 52.3 Å². The highest BCUT2D eigenvalue weighted by atomic mass is 16.2. The zero-order valence-electron chi connectivity index (χ0n) is 14.9. The molecule has 2 heterocycles. The van der Waals surface area contributed by atoms with Crippen LogP contribution in [0.3, 0.4) is 0 Å². The Kier molecular flexibility index (Phi) is 4.39. The Morgan fingerprint density at radius 1 is 1.20 bits per heavy atom. The topological polar surface area (TPSA) is 89.4 Å². The minimum Gasteiger partial charge on any atom is -0.366 e. The maximum Gasteiger partial charge on any atom is 0.254 e. The molecule has 0 saturated heterocycles. The second kappa shape index (κ2) is 6.51. The maximum absolute atomic E-state index is 12.7. The fourth-order valence-corrected chi connectivity index (χ4v) is 2.90. The van der Waals surface area contributed by atoms with Crippen LogP contribution < -0.4 is 5.73 Å². The molecule has 1 amide bonds. The Bertz CT molecular complexity index is 946. The minimum absolute atomic E-state index is 0.0312. The summed E-state index contributed by atoms with van der Waals surface area (Å²) in [7, 11) is 1.82. The molecule has 7 nitrogen and oxygen atoms in total.